The molecule has 5 nitrogen and oxygen atoms in total. The molecule has 1 aromatic rings. The van der Waals surface area contributed by atoms with Crippen LogP contribution >= 0.6 is 0 Å². The Labute approximate surface area is 108 Å². The minimum atomic E-state index is 0.0585. The number of likely N-dealkylation sites (tertiary alicyclic amines) is 1. The number of nitrogens with one attached hydrogen (secondary N) is 1. The van der Waals surface area contributed by atoms with Crippen LogP contribution in [0.3, 0.4) is 0 Å². The lowest BCUT2D eigenvalue weighted by molar-refractivity contribution is 0.0657. The number of nitrogens with zero attached hydrogens (tertiary/aromatic N) is 3. The molecule has 1 aliphatic rings. The highest BCUT2D eigenvalue weighted by Gasteiger charge is 2.25. The van der Waals surface area contributed by atoms with Gasteiger partial charge in [-0.1, -0.05) is 6.92 Å². The van der Waals surface area contributed by atoms with Gasteiger partial charge in [0.2, 0.25) is 0 Å². The van der Waals surface area contributed by atoms with E-state index < -0.39 is 0 Å². The second-order valence-corrected chi connectivity index (χ2v) is 5.12. The van der Waals surface area contributed by atoms with Crippen molar-refractivity contribution in [3.05, 3.63) is 17.5 Å². The van der Waals surface area contributed by atoms with Crippen molar-refractivity contribution in [3.8, 4) is 0 Å². The molecule has 1 saturated heterocycles. The van der Waals surface area contributed by atoms with Crippen molar-refractivity contribution in [1.82, 2.24) is 20.0 Å². The molecule has 0 spiro atoms. The van der Waals surface area contributed by atoms with Gasteiger partial charge >= 0.3 is 0 Å². The van der Waals surface area contributed by atoms with E-state index in [2.05, 4.69) is 29.2 Å². The number of carbonyl (C=O) groups is 1. The van der Waals surface area contributed by atoms with Crippen LogP contribution in [0.1, 0.15) is 35.9 Å². The Morgan fingerprint density at radius 3 is 2.67 bits per heavy atom. The van der Waals surface area contributed by atoms with E-state index in [4.69, 9.17) is 0 Å². The van der Waals surface area contributed by atoms with E-state index in [9.17, 15) is 4.79 Å². The van der Waals surface area contributed by atoms with Crippen LogP contribution in [0.4, 0.5) is 0 Å². The lowest BCUT2D eigenvalue weighted by Gasteiger charge is -2.34. The Bertz CT molecular complexity index is 405. The molecule has 0 radical (unpaired) electrons. The summed E-state index contributed by atoms with van der Waals surface area (Å²) < 4.78 is 0. The second-order valence-electron chi connectivity index (χ2n) is 5.12. The molecule has 1 N–H and O–H groups in total. The van der Waals surface area contributed by atoms with Gasteiger partial charge in [-0.05, 0) is 39.4 Å². The first-order valence-electron chi connectivity index (χ1n) is 6.61. The van der Waals surface area contributed by atoms with Gasteiger partial charge in [0.15, 0.2) is 0 Å². The van der Waals surface area contributed by atoms with Crippen LogP contribution in [0.5, 0.6) is 0 Å². The molecule has 0 unspecified atom stereocenters. The number of rotatable bonds is 3. The van der Waals surface area contributed by atoms with Gasteiger partial charge in [-0.3, -0.25) is 9.89 Å². The molecule has 2 rings (SSSR count). The van der Waals surface area contributed by atoms with Gasteiger partial charge in [-0.2, -0.15) is 5.10 Å². The van der Waals surface area contributed by atoms with Crippen LogP contribution < -0.4 is 0 Å². The maximum absolute atomic E-state index is 12.2. The van der Waals surface area contributed by atoms with Crippen LogP contribution in [0, 0.1) is 0 Å². The van der Waals surface area contributed by atoms with Crippen molar-refractivity contribution >= 4 is 5.91 Å². The fourth-order valence-corrected chi connectivity index (χ4v) is 2.40. The first kappa shape index (κ1) is 13.1. The zero-order valence-electron chi connectivity index (χ0n) is 11.4. The van der Waals surface area contributed by atoms with Gasteiger partial charge in [0.05, 0.1) is 0 Å². The lowest BCUT2D eigenvalue weighted by atomic mass is 10.0. The quantitative estimate of drug-likeness (QED) is 0.875. The fourth-order valence-electron chi connectivity index (χ4n) is 2.40. The number of carbonyl (C=O) groups excluding carboxylic acids is 1. The Hall–Kier alpha value is -1.36. The molecule has 1 fully saturated rings. The summed E-state index contributed by atoms with van der Waals surface area (Å²) in [5.74, 6) is 0.0585. The van der Waals surface area contributed by atoms with E-state index in [0.29, 0.717) is 11.7 Å². The zero-order chi connectivity index (χ0) is 13.1. The summed E-state index contributed by atoms with van der Waals surface area (Å²) >= 11 is 0. The summed E-state index contributed by atoms with van der Waals surface area (Å²) in [6, 6.07) is 2.46. The number of H-pyrrole nitrogens is 1. The standard InChI is InChI=1S/C13H22N4O/c1-4-10-9-12(15-14-10)13(18)17-7-5-11(6-8-17)16(2)3/h9,11H,4-8H2,1-3H3,(H,14,15). The highest BCUT2D eigenvalue weighted by Crippen LogP contribution is 2.16. The van der Waals surface area contributed by atoms with Gasteiger partial charge in [0.25, 0.3) is 5.91 Å². The highest BCUT2D eigenvalue weighted by atomic mass is 16.2. The average Bonchev–Trinajstić information content (AvgIpc) is 2.86. The molecule has 100 valence electrons. The smallest absolute Gasteiger partial charge is 0.274 e. The molecule has 2 heterocycles. The SMILES string of the molecule is CCc1cc(C(=O)N2CCC(N(C)C)CC2)n[nH]1. The molecule has 1 aliphatic heterocycles. The van der Waals surface area contributed by atoms with Crippen molar-refractivity contribution < 1.29 is 4.79 Å². The summed E-state index contributed by atoms with van der Waals surface area (Å²) in [6.07, 6.45) is 2.97. The Balaban J connectivity index is 1.95. The topological polar surface area (TPSA) is 52.2 Å². The van der Waals surface area contributed by atoms with Gasteiger partial charge in [-0.25, -0.2) is 0 Å². The van der Waals surface area contributed by atoms with Crippen LogP contribution in [-0.4, -0.2) is 59.1 Å². The van der Waals surface area contributed by atoms with Gasteiger partial charge < -0.3 is 9.80 Å². The minimum Gasteiger partial charge on any atom is -0.337 e. The van der Waals surface area contributed by atoms with Crippen molar-refractivity contribution in [3.63, 3.8) is 0 Å². The number of piperidine rings is 1. The number of aromatic amines is 1. The van der Waals surface area contributed by atoms with Gasteiger partial charge in [-0.15, -0.1) is 0 Å². The minimum absolute atomic E-state index is 0.0585. The molecule has 1 amide bonds. The fraction of sp³-hybridized carbons (Fsp3) is 0.692. The number of hydrogen-bond acceptors (Lipinski definition) is 3. The van der Waals surface area contributed by atoms with Crippen molar-refractivity contribution in [2.24, 2.45) is 0 Å². The van der Waals surface area contributed by atoms with E-state index >= 15 is 0 Å². The predicted molar refractivity (Wildman–Crippen MR) is 70.6 cm³/mol. The molecule has 0 aliphatic carbocycles. The van der Waals surface area contributed by atoms with Crippen LogP contribution in [0.2, 0.25) is 0 Å². The Morgan fingerprint density at radius 1 is 1.50 bits per heavy atom. The maximum Gasteiger partial charge on any atom is 0.274 e. The van der Waals surface area contributed by atoms with Crippen molar-refractivity contribution in [2.45, 2.75) is 32.2 Å². The van der Waals surface area contributed by atoms with E-state index in [1.807, 2.05) is 17.9 Å². The molecule has 0 aromatic carbocycles. The molecular formula is C13H22N4O. The molecular weight excluding hydrogens is 228 g/mol. The molecule has 1 aromatic heterocycles. The molecule has 5 heteroatoms. The lowest BCUT2D eigenvalue weighted by Crippen LogP contribution is -2.44. The molecule has 0 bridgehead atoms. The number of aryl methyl sites for hydroxylation is 1. The Kier molecular flexibility index (Phi) is 4.01. The third kappa shape index (κ3) is 2.72. The summed E-state index contributed by atoms with van der Waals surface area (Å²) in [4.78, 5) is 16.4. The summed E-state index contributed by atoms with van der Waals surface area (Å²) in [6.45, 7) is 3.70. The van der Waals surface area contributed by atoms with E-state index in [-0.39, 0.29) is 5.91 Å². The van der Waals surface area contributed by atoms with Gasteiger partial charge in [0.1, 0.15) is 5.69 Å². The van der Waals surface area contributed by atoms with E-state index in [1.54, 1.807) is 0 Å². The van der Waals surface area contributed by atoms with Crippen molar-refractivity contribution in [2.75, 3.05) is 27.2 Å². The maximum atomic E-state index is 12.2. The first-order chi connectivity index (χ1) is 8.61. The monoisotopic (exact) mass is 250 g/mol. The third-order valence-corrected chi connectivity index (χ3v) is 3.71. The number of aromatic nitrogens is 2. The van der Waals surface area contributed by atoms with E-state index in [0.717, 1.165) is 38.0 Å². The summed E-state index contributed by atoms with van der Waals surface area (Å²) in [5.41, 5.74) is 1.57. The first-order valence-corrected chi connectivity index (χ1v) is 6.61. The number of hydrogen-bond donors (Lipinski definition) is 1. The predicted octanol–water partition coefficient (Wildman–Crippen LogP) is 1.14. The molecule has 0 saturated carbocycles. The van der Waals surface area contributed by atoms with Crippen LogP contribution in [0.15, 0.2) is 6.07 Å². The summed E-state index contributed by atoms with van der Waals surface area (Å²) in [5, 5.41) is 6.99. The van der Waals surface area contributed by atoms with Crippen LogP contribution in [0.25, 0.3) is 0 Å². The zero-order valence-corrected chi connectivity index (χ0v) is 11.4. The van der Waals surface area contributed by atoms with Crippen molar-refractivity contribution in [1.29, 1.82) is 0 Å². The Morgan fingerprint density at radius 2 is 2.17 bits per heavy atom. The molecule has 0 atom stereocenters. The summed E-state index contributed by atoms with van der Waals surface area (Å²) in [7, 11) is 4.20. The largest absolute Gasteiger partial charge is 0.337 e. The second kappa shape index (κ2) is 5.52. The third-order valence-electron chi connectivity index (χ3n) is 3.71. The average molecular weight is 250 g/mol. The number of amides is 1. The van der Waals surface area contributed by atoms with Crippen LogP contribution in [-0.2, 0) is 6.42 Å². The van der Waals surface area contributed by atoms with E-state index in [1.165, 1.54) is 0 Å². The highest BCUT2D eigenvalue weighted by molar-refractivity contribution is 5.92. The normalized spacial score (nSPS) is 17.4. The molecule has 18 heavy (non-hydrogen) atoms. The van der Waals surface area contributed by atoms with Gasteiger partial charge in [0, 0.05) is 24.8 Å².